The third kappa shape index (κ3) is 3.36. The molecule has 0 heterocycles. The SMILES string of the molecule is CC(C)C#Cc1cccc(C2=CCCC=C2)c1. The van der Waals surface area contributed by atoms with Crippen LogP contribution in [0, 0.1) is 17.8 Å². The van der Waals surface area contributed by atoms with Gasteiger partial charge in [0.25, 0.3) is 0 Å². The molecule has 0 atom stereocenters. The molecule has 86 valence electrons. The van der Waals surface area contributed by atoms with Crippen molar-refractivity contribution in [3.63, 3.8) is 0 Å². The van der Waals surface area contributed by atoms with Gasteiger partial charge in [-0.15, -0.1) is 0 Å². The first-order chi connectivity index (χ1) is 8.25. The van der Waals surface area contributed by atoms with Crippen LogP contribution in [0.1, 0.15) is 37.8 Å². The molecule has 1 aliphatic carbocycles. The highest BCUT2D eigenvalue weighted by Crippen LogP contribution is 2.21. The van der Waals surface area contributed by atoms with Gasteiger partial charge in [-0.25, -0.2) is 0 Å². The number of hydrogen-bond donors (Lipinski definition) is 0. The number of benzene rings is 1. The Morgan fingerprint density at radius 3 is 2.76 bits per heavy atom. The summed E-state index contributed by atoms with van der Waals surface area (Å²) in [5, 5.41) is 0. The maximum absolute atomic E-state index is 3.22. The van der Waals surface area contributed by atoms with E-state index in [1.807, 2.05) is 0 Å². The quantitative estimate of drug-likeness (QED) is 0.617. The third-order valence-corrected chi connectivity index (χ3v) is 2.70. The van der Waals surface area contributed by atoms with Crippen LogP contribution in [-0.4, -0.2) is 0 Å². The Morgan fingerprint density at radius 1 is 1.18 bits per heavy atom. The van der Waals surface area contributed by atoms with Gasteiger partial charge in [-0.2, -0.15) is 0 Å². The van der Waals surface area contributed by atoms with Gasteiger partial charge in [-0.05, 0) is 36.1 Å². The molecule has 1 aromatic carbocycles. The van der Waals surface area contributed by atoms with Gasteiger partial charge in [0, 0.05) is 11.5 Å². The van der Waals surface area contributed by atoms with Crippen LogP contribution in [0.4, 0.5) is 0 Å². The molecule has 0 saturated carbocycles. The maximum atomic E-state index is 3.22. The van der Waals surface area contributed by atoms with Gasteiger partial charge in [0.05, 0.1) is 0 Å². The Balaban J connectivity index is 2.26. The molecule has 0 heteroatoms. The van der Waals surface area contributed by atoms with E-state index in [1.54, 1.807) is 0 Å². The fourth-order valence-electron chi connectivity index (χ4n) is 1.83. The maximum Gasteiger partial charge on any atom is 0.0251 e. The molecular weight excluding hydrogens is 204 g/mol. The second-order valence-corrected chi connectivity index (χ2v) is 4.64. The molecule has 2 rings (SSSR count). The van der Waals surface area contributed by atoms with Gasteiger partial charge in [-0.1, -0.05) is 56.0 Å². The minimum atomic E-state index is 0.424. The Bertz CT molecular complexity index is 504. The number of allylic oxidation sites excluding steroid dienone is 4. The summed E-state index contributed by atoms with van der Waals surface area (Å²) in [6.45, 7) is 4.23. The fourth-order valence-corrected chi connectivity index (χ4v) is 1.83. The van der Waals surface area contributed by atoms with Crippen molar-refractivity contribution < 1.29 is 0 Å². The number of rotatable bonds is 1. The molecule has 0 unspecified atom stereocenters. The standard InChI is InChI=1S/C17H18/c1-14(2)11-12-15-7-6-10-17(13-15)16-8-4-3-5-9-16/h4,6-10,13-14H,3,5H2,1-2H3. The highest BCUT2D eigenvalue weighted by atomic mass is 14.1. The average molecular weight is 222 g/mol. The molecular formula is C17H18. The summed E-state index contributed by atoms with van der Waals surface area (Å²) >= 11 is 0. The lowest BCUT2D eigenvalue weighted by molar-refractivity contribution is 0.866. The van der Waals surface area contributed by atoms with E-state index in [4.69, 9.17) is 0 Å². The summed E-state index contributed by atoms with van der Waals surface area (Å²) in [6, 6.07) is 8.49. The van der Waals surface area contributed by atoms with Gasteiger partial charge in [-0.3, -0.25) is 0 Å². The van der Waals surface area contributed by atoms with Crippen molar-refractivity contribution in [2.75, 3.05) is 0 Å². The van der Waals surface area contributed by atoms with Gasteiger partial charge < -0.3 is 0 Å². The molecule has 0 fully saturated rings. The molecule has 0 amide bonds. The molecule has 0 aromatic heterocycles. The predicted molar refractivity (Wildman–Crippen MR) is 74.5 cm³/mol. The Hall–Kier alpha value is -1.74. The minimum Gasteiger partial charge on any atom is -0.0951 e. The summed E-state index contributed by atoms with van der Waals surface area (Å²) in [5.41, 5.74) is 3.71. The van der Waals surface area contributed by atoms with Crippen LogP contribution in [0.3, 0.4) is 0 Å². The summed E-state index contributed by atoms with van der Waals surface area (Å²) in [7, 11) is 0. The number of hydrogen-bond acceptors (Lipinski definition) is 0. The van der Waals surface area contributed by atoms with Gasteiger partial charge in [0.15, 0.2) is 0 Å². The lowest BCUT2D eigenvalue weighted by Gasteiger charge is -2.07. The lowest BCUT2D eigenvalue weighted by atomic mass is 9.98. The second kappa shape index (κ2) is 5.55. The summed E-state index contributed by atoms with van der Waals surface area (Å²) in [5.74, 6) is 6.85. The molecule has 0 bridgehead atoms. The van der Waals surface area contributed by atoms with Crippen LogP contribution in [-0.2, 0) is 0 Å². The van der Waals surface area contributed by atoms with Gasteiger partial charge in [0.2, 0.25) is 0 Å². The predicted octanol–water partition coefficient (Wildman–Crippen LogP) is 4.43. The highest BCUT2D eigenvalue weighted by Gasteiger charge is 2.01. The molecule has 17 heavy (non-hydrogen) atoms. The monoisotopic (exact) mass is 222 g/mol. The zero-order chi connectivity index (χ0) is 12.1. The smallest absolute Gasteiger partial charge is 0.0251 e. The first kappa shape index (κ1) is 11.7. The zero-order valence-electron chi connectivity index (χ0n) is 10.5. The van der Waals surface area contributed by atoms with Gasteiger partial charge >= 0.3 is 0 Å². The molecule has 1 aromatic rings. The van der Waals surface area contributed by atoms with E-state index in [9.17, 15) is 0 Å². The Labute approximate surface area is 104 Å². The van der Waals surface area contributed by atoms with Crippen LogP contribution >= 0.6 is 0 Å². The van der Waals surface area contributed by atoms with E-state index >= 15 is 0 Å². The van der Waals surface area contributed by atoms with Crippen molar-refractivity contribution in [2.24, 2.45) is 5.92 Å². The van der Waals surface area contributed by atoms with Crippen LogP contribution in [0.5, 0.6) is 0 Å². The highest BCUT2D eigenvalue weighted by molar-refractivity contribution is 5.75. The molecule has 0 N–H and O–H groups in total. The van der Waals surface area contributed by atoms with Crippen LogP contribution in [0.25, 0.3) is 5.57 Å². The summed E-state index contributed by atoms with van der Waals surface area (Å²) < 4.78 is 0. The van der Waals surface area contributed by atoms with Crippen molar-refractivity contribution >= 4 is 5.57 Å². The lowest BCUT2D eigenvalue weighted by Crippen LogP contribution is -1.87. The minimum absolute atomic E-state index is 0.424. The van der Waals surface area contributed by atoms with Crippen LogP contribution in [0.2, 0.25) is 0 Å². The first-order valence-electron chi connectivity index (χ1n) is 6.24. The van der Waals surface area contributed by atoms with E-state index in [1.165, 1.54) is 11.1 Å². The molecule has 1 aliphatic rings. The Kier molecular flexibility index (Phi) is 3.83. The molecule has 0 saturated heterocycles. The largest absolute Gasteiger partial charge is 0.0951 e. The van der Waals surface area contributed by atoms with Crippen molar-refractivity contribution in [2.45, 2.75) is 26.7 Å². The Morgan fingerprint density at radius 2 is 2.06 bits per heavy atom. The van der Waals surface area contributed by atoms with Crippen LogP contribution < -0.4 is 0 Å². The van der Waals surface area contributed by atoms with E-state index in [-0.39, 0.29) is 0 Å². The summed E-state index contributed by atoms with van der Waals surface area (Å²) in [6.07, 6.45) is 9.05. The van der Waals surface area contributed by atoms with E-state index in [0.717, 1.165) is 18.4 Å². The molecule has 0 spiro atoms. The molecule has 0 nitrogen and oxygen atoms in total. The van der Waals surface area contributed by atoms with E-state index in [2.05, 4.69) is 68.2 Å². The third-order valence-electron chi connectivity index (χ3n) is 2.70. The molecule has 0 radical (unpaired) electrons. The fraction of sp³-hybridized carbons (Fsp3) is 0.294. The topological polar surface area (TPSA) is 0 Å². The summed E-state index contributed by atoms with van der Waals surface area (Å²) in [4.78, 5) is 0. The van der Waals surface area contributed by atoms with Crippen molar-refractivity contribution in [1.82, 2.24) is 0 Å². The van der Waals surface area contributed by atoms with Crippen molar-refractivity contribution in [3.05, 3.63) is 53.6 Å². The average Bonchev–Trinajstić information content (AvgIpc) is 2.38. The molecule has 0 aliphatic heterocycles. The second-order valence-electron chi connectivity index (χ2n) is 4.64. The first-order valence-corrected chi connectivity index (χ1v) is 6.24. The van der Waals surface area contributed by atoms with Crippen LogP contribution in [0.15, 0.2) is 42.5 Å². The van der Waals surface area contributed by atoms with Gasteiger partial charge in [0.1, 0.15) is 0 Å². The van der Waals surface area contributed by atoms with E-state index in [0.29, 0.717) is 5.92 Å². The van der Waals surface area contributed by atoms with Crippen molar-refractivity contribution in [3.8, 4) is 11.8 Å². The zero-order valence-corrected chi connectivity index (χ0v) is 10.5. The van der Waals surface area contributed by atoms with E-state index < -0.39 is 0 Å². The van der Waals surface area contributed by atoms with Crippen molar-refractivity contribution in [1.29, 1.82) is 0 Å². The normalized spacial score (nSPS) is 14.2.